The molecule has 3 saturated carbocycles. The van der Waals surface area contributed by atoms with Crippen LogP contribution in [0.1, 0.15) is 47.0 Å². The molecule has 0 aromatic heterocycles. The number of ketones is 1. The molecule has 1 spiro atoms. The topological polar surface area (TPSA) is 122 Å². The number of methoxy groups -OCH3 is 1. The Bertz CT molecular complexity index is 1030. The first kappa shape index (κ1) is 22.1. The molecule has 178 valence electrons. The first-order valence-electron chi connectivity index (χ1n) is 11.3. The Hall–Kier alpha value is -2.71. The van der Waals surface area contributed by atoms with Gasteiger partial charge in [-0.15, -0.1) is 0 Å². The average molecular weight is 460 g/mol. The van der Waals surface area contributed by atoms with Gasteiger partial charge in [0.25, 0.3) is 0 Å². The Balaban J connectivity index is 1.73. The lowest BCUT2D eigenvalue weighted by molar-refractivity contribution is -0.174. The van der Waals surface area contributed by atoms with Gasteiger partial charge < -0.3 is 18.9 Å². The lowest BCUT2D eigenvalue weighted by Gasteiger charge is -2.44. The van der Waals surface area contributed by atoms with Gasteiger partial charge in [0.1, 0.15) is 28.5 Å². The minimum Gasteiger partial charge on any atom is -0.469 e. The standard InChI is InChI=1S/C24H28O9/c1-11-18(27)23-10-22(11,32-13(3)26)8-6-14(23)24-9-7-15(31-12(2)25)21(4,20(29)33-24)17(24)16(23)19(28)30-5/h7,9,11,14-17H,6,8,10H2,1-5H3/t11-,14+,15-,16?,17?,21+,22-,23+,24+/m0/s1. The van der Waals surface area contributed by atoms with Crippen LogP contribution in [0.2, 0.25) is 0 Å². The van der Waals surface area contributed by atoms with Crippen molar-refractivity contribution in [1.29, 1.82) is 0 Å². The Morgan fingerprint density at radius 2 is 1.85 bits per heavy atom. The van der Waals surface area contributed by atoms with Gasteiger partial charge >= 0.3 is 23.9 Å². The lowest BCUT2D eigenvalue weighted by Crippen LogP contribution is -2.52. The highest BCUT2D eigenvalue weighted by Gasteiger charge is 2.87. The predicted molar refractivity (Wildman–Crippen MR) is 109 cm³/mol. The summed E-state index contributed by atoms with van der Waals surface area (Å²) in [7, 11) is 1.25. The van der Waals surface area contributed by atoms with E-state index in [2.05, 4.69) is 0 Å². The second kappa shape index (κ2) is 6.45. The van der Waals surface area contributed by atoms with E-state index in [0.717, 1.165) is 0 Å². The first-order valence-corrected chi connectivity index (χ1v) is 11.3. The van der Waals surface area contributed by atoms with Gasteiger partial charge in [0.05, 0.1) is 24.4 Å². The van der Waals surface area contributed by atoms with Crippen molar-refractivity contribution in [3.8, 4) is 0 Å². The number of carbonyl (C=O) groups is 5. The third-order valence-corrected chi connectivity index (χ3v) is 9.20. The molecule has 1 heterocycles. The van der Waals surface area contributed by atoms with Gasteiger partial charge in [-0.25, -0.2) is 0 Å². The number of rotatable bonds is 3. The summed E-state index contributed by atoms with van der Waals surface area (Å²) in [5, 5.41) is 0. The number of carbonyl (C=O) groups excluding carboxylic acids is 5. The second-order valence-corrected chi connectivity index (χ2v) is 10.4. The molecule has 0 aromatic carbocycles. The van der Waals surface area contributed by atoms with E-state index in [0.29, 0.717) is 12.8 Å². The number of esters is 4. The molecule has 9 nitrogen and oxygen atoms in total. The van der Waals surface area contributed by atoms with E-state index in [-0.39, 0.29) is 12.2 Å². The first-order chi connectivity index (χ1) is 15.4. The summed E-state index contributed by atoms with van der Waals surface area (Å²) in [6.45, 7) is 5.93. The molecule has 5 aliphatic rings. The molecular weight excluding hydrogens is 432 g/mol. The third kappa shape index (κ3) is 2.30. The molecule has 33 heavy (non-hydrogen) atoms. The Kier molecular flexibility index (Phi) is 4.32. The highest BCUT2D eigenvalue weighted by molar-refractivity contribution is 5.99. The Labute approximate surface area is 191 Å². The van der Waals surface area contributed by atoms with Crippen LogP contribution >= 0.6 is 0 Å². The van der Waals surface area contributed by atoms with E-state index in [9.17, 15) is 24.0 Å². The summed E-state index contributed by atoms with van der Waals surface area (Å²) in [6.07, 6.45) is 3.43. The maximum atomic E-state index is 14.0. The summed E-state index contributed by atoms with van der Waals surface area (Å²) >= 11 is 0. The maximum absolute atomic E-state index is 14.0. The van der Waals surface area contributed by atoms with E-state index < -0.39 is 75.7 Å². The molecule has 4 aliphatic carbocycles. The van der Waals surface area contributed by atoms with Gasteiger partial charge in [0.2, 0.25) is 0 Å². The normalized spacial score (nSPS) is 48.6. The maximum Gasteiger partial charge on any atom is 0.317 e. The minimum atomic E-state index is -1.37. The van der Waals surface area contributed by atoms with Crippen molar-refractivity contribution in [1.82, 2.24) is 0 Å². The van der Waals surface area contributed by atoms with Crippen LogP contribution in [-0.2, 0) is 42.9 Å². The molecule has 1 aliphatic heterocycles. The van der Waals surface area contributed by atoms with Gasteiger partial charge in [-0.3, -0.25) is 24.0 Å². The molecular formula is C24H28O9. The summed E-state index contributed by atoms with van der Waals surface area (Å²) in [5.74, 6) is -5.30. The molecule has 0 radical (unpaired) electrons. The highest BCUT2D eigenvalue weighted by atomic mass is 16.6. The minimum absolute atomic E-state index is 0.169. The number of fused-ring (bicyclic) bond motifs is 1. The molecule has 4 bridgehead atoms. The fourth-order valence-electron chi connectivity index (χ4n) is 8.11. The van der Waals surface area contributed by atoms with E-state index in [1.165, 1.54) is 21.0 Å². The average Bonchev–Trinajstić information content (AvgIpc) is 3.15. The fourth-order valence-corrected chi connectivity index (χ4v) is 8.11. The summed E-state index contributed by atoms with van der Waals surface area (Å²) in [6, 6.07) is 0. The number of ether oxygens (including phenoxy) is 4. The molecule has 0 aromatic rings. The van der Waals surface area contributed by atoms with Gasteiger partial charge in [-0.05, 0) is 31.9 Å². The summed E-state index contributed by atoms with van der Waals surface area (Å²) in [4.78, 5) is 64.5. The monoisotopic (exact) mass is 460 g/mol. The van der Waals surface area contributed by atoms with Crippen LogP contribution < -0.4 is 0 Å². The van der Waals surface area contributed by atoms with Crippen LogP contribution in [-0.4, -0.2) is 54.1 Å². The van der Waals surface area contributed by atoms with E-state index >= 15 is 0 Å². The van der Waals surface area contributed by atoms with Crippen LogP contribution in [0.5, 0.6) is 0 Å². The van der Waals surface area contributed by atoms with E-state index in [1.54, 1.807) is 26.0 Å². The molecule has 5 rings (SSSR count). The molecule has 9 atom stereocenters. The zero-order valence-corrected chi connectivity index (χ0v) is 19.3. The predicted octanol–water partition coefficient (Wildman–Crippen LogP) is 1.52. The molecule has 1 saturated heterocycles. The zero-order valence-electron chi connectivity index (χ0n) is 19.3. The van der Waals surface area contributed by atoms with Gasteiger partial charge in [-0.2, -0.15) is 0 Å². The van der Waals surface area contributed by atoms with E-state index in [4.69, 9.17) is 18.9 Å². The number of hydrogen-bond donors (Lipinski definition) is 0. The van der Waals surface area contributed by atoms with Crippen molar-refractivity contribution in [2.24, 2.45) is 34.5 Å². The quantitative estimate of drug-likeness (QED) is 0.350. The van der Waals surface area contributed by atoms with Crippen molar-refractivity contribution in [2.45, 2.75) is 64.3 Å². The van der Waals surface area contributed by atoms with Crippen LogP contribution in [0.3, 0.4) is 0 Å². The smallest absolute Gasteiger partial charge is 0.317 e. The van der Waals surface area contributed by atoms with Crippen molar-refractivity contribution >= 4 is 29.7 Å². The molecule has 0 amide bonds. The Morgan fingerprint density at radius 3 is 2.45 bits per heavy atom. The van der Waals surface area contributed by atoms with Crippen molar-refractivity contribution < 1.29 is 42.9 Å². The SMILES string of the molecule is COC(=O)C1C2[C@@]3(C=C[C@H](OC(C)=O)[C@@]2(C)C(=O)O3)[C@@H]2CC[C@]3(OC(C)=O)C[C@]12C(=O)[C@@H]3C. The van der Waals surface area contributed by atoms with Crippen LogP contribution in [0.15, 0.2) is 12.2 Å². The largest absolute Gasteiger partial charge is 0.469 e. The molecule has 0 N–H and O–H groups in total. The van der Waals surface area contributed by atoms with Crippen LogP contribution in [0, 0.1) is 34.5 Å². The lowest BCUT2D eigenvalue weighted by atomic mass is 9.60. The van der Waals surface area contributed by atoms with Gasteiger partial charge in [0, 0.05) is 32.1 Å². The van der Waals surface area contributed by atoms with Gasteiger partial charge in [0.15, 0.2) is 0 Å². The number of Topliss-reactive ketones (excluding diaryl/α,β-unsaturated/α-hetero) is 1. The summed E-state index contributed by atoms with van der Waals surface area (Å²) < 4.78 is 22.5. The van der Waals surface area contributed by atoms with Gasteiger partial charge in [-0.1, -0.05) is 6.92 Å². The van der Waals surface area contributed by atoms with Crippen molar-refractivity contribution in [2.75, 3.05) is 7.11 Å². The second-order valence-electron chi connectivity index (χ2n) is 10.4. The zero-order chi connectivity index (χ0) is 24.1. The molecule has 4 fully saturated rings. The van der Waals surface area contributed by atoms with E-state index in [1.807, 2.05) is 0 Å². The molecule has 2 unspecified atom stereocenters. The van der Waals surface area contributed by atoms with Crippen molar-refractivity contribution in [3.63, 3.8) is 0 Å². The van der Waals surface area contributed by atoms with Crippen LogP contribution in [0.4, 0.5) is 0 Å². The molecule has 9 heteroatoms. The fraction of sp³-hybridized carbons (Fsp3) is 0.708. The highest BCUT2D eigenvalue weighted by Crippen LogP contribution is 2.77. The number of hydrogen-bond acceptors (Lipinski definition) is 9. The van der Waals surface area contributed by atoms with Crippen molar-refractivity contribution in [3.05, 3.63) is 12.2 Å². The third-order valence-electron chi connectivity index (χ3n) is 9.20. The Morgan fingerprint density at radius 1 is 1.15 bits per heavy atom. The van der Waals surface area contributed by atoms with Crippen LogP contribution in [0.25, 0.3) is 0 Å². The summed E-state index contributed by atoms with van der Waals surface area (Å²) in [5.41, 5.74) is -4.81.